The molecule has 0 fully saturated rings. The maximum atomic E-state index is 14.2. The van der Waals surface area contributed by atoms with Crippen molar-refractivity contribution in [2.45, 2.75) is 6.54 Å². The number of rotatable bonds is 5. The summed E-state index contributed by atoms with van der Waals surface area (Å²) >= 11 is 0. The molecule has 0 aliphatic rings. The zero-order chi connectivity index (χ0) is 22.9. The number of fused-ring (bicyclic) bond motifs is 1. The molecular formula is C24H18F2N6O. The SMILES string of the molecule is Nc1ccc(F)c(C(=O)Nc2cnc3[nH]cc(-c4cnn(Cc5ccccc5)c4)c3c2)c1F. The van der Waals surface area contributed by atoms with E-state index in [1.54, 1.807) is 18.5 Å². The Labute approximate surface area is 186 Å². The predicted molar refractivity (Wildman–Crippen MR) is 122 cm³/mol. The van der Waals surface area contributed by atoms with Crippen molar-refractivity contribution in [3.05, 3.63) is 96.1 Å². The molecule has 0 spiro atoms. The Morgan fingerprint density at radius 3 is 2.76 bits per heavy atom. The second-order valence-electron chi connectivity index (χ2n) is 7.51. The van der Waals surface area contributed by atoms with Crippen molar-refractivity contribution in [3.8, 4) is 11.1 Å². The first-order valence-electron chi connectivity index (χ1n) is 10.1. The van der Waals surface area contributed by atoms with Gasteiger partial charge in [-0.15, -0.1) is 0 Å². The van der Waals surface area contributed by atoms with E-state index in [0.29, 0.717) is 12.2 Å². The number of anilines is 2. The molecule has 0 unspecified atom stereocenters. The summed E-state index contributed by atoms with van der Waals surface area (Å²) in [6, 6.07) is 13.7. The topological polar surface area (TPSA) is 102 Å². The van der Waals surface area contributed by atoms with Gasteiger partial charge in [-0.25, -0.2) is 13.8 Å². The number of hydrogen-bond acceptors (Lipinski definition) is 4. The highest BCUT2D eigenvalue weighted by molar-refractivity contribution is 6.06. The van der Waals surface area contributed by atoms with Crippen LogP contribution in [0.1, 0.15) is 15.9 Å². The summed E-state index contributed by atoms with van der Waals surface area (Å²) in [5.41, 5.74) is 8.11. The van der Waals surface area contributed by atoms with Crippen LogP contribution in [0, 0.1) is 11.6 Å². The van der Waals surface area contributed by atoms with Crippen LogP contribution in [0.25, 0.3) is 22.2 Å². The molecule has 3 aromatic heterocycles. The zero-order valence-electron chi connectivity index (χ0n) is 17.2. The lowest BCUT2D eigenvalue weighted by Crippen LogP contribution is -2.17. The molecule has 33 heavy (non-hydrogen) atoms. The van der Waals surface area contributed by atoms with Crippen molar-refractivity contribution in [1.29, 1.82) is 0 Å². The molecule has 0 saturated heterocycles. The molecule has 164 valence electrons. The third-order valence-electron chi connectivity index (χ3n) is 5.27. The zero-order valence-corrected chi connectivity index (χ0v) is 17.2. The summed E-state index contributed by atoms with van der Waals surface area (Å²) < 4.78 is 30.1. The number of halogens is 2. The Morgan fingerprint density at radius 2 is 1.94 bits per heavy atom. The van der Waals surface area contributed by atoms with Crippen molar-refractivity contribution < 1.29 is 13.6 Å². The number of nitrogens with two attached hydrogens (primary N) is 1. The fourth-order valence-corrected chi connectivity index (χ4v) is 3.64. The molecule has 0 bridgehead atoms. The monoisotopic (exact) mass is 444 g/mol. The molecule has 4 N–H and O–H groups in total. The van der Waals surface area contributed by atoms with Gasteiger partial charge < -0.3 is 16.0 Å². The molecule has 2 aromatic carbocycles. The van der Waals surface area contributed by atoms with E-state index in [2.05, 4.69) is 20.4 Å². The first-order valence-corrected chi connectivity index (χ1v) is 10.1. The summed E-state index contributed by atoms with van der Waals surface area (Å²) in [5, 5.41) is 7.65. The Hall–Kier alpha value is -4.53. The fourth-order valence-electron chi connectivity index (χ4n) is 3.64. The minimum absolute atomic E-state index is 0.284. The molecule has 0 radical (unpaired) electrons. The molecule has 0 atom stereocenters. The van der Waals surface area contributed by atoms with Crippen molar-refractivity contribution >= 4 is 28.3 Å². The van der Waals surface area contributed by atoms with Crippen molar-refractivity contribution in [2.75, 3.05) is 11.1 Å². The number of nitrogens with one attached hydrogen (secondary N) is 2. The maximum absolute atomic E-state index is 14.2. The first-order chi connectivity index (χ1) is 16.0. The molecule has 9 heteroatoms. The van der Waals surface area contributed by atoms with Gasteiger partial charge in [0.25, 0.3) is 5.91 Å². The molecule has 1 amide bonds. The number of carbonyl (C=O) groups is 1. The fraction of sp³-hybridized carbons (Fsp3) is 0.0417. The number of nitrogen functional groups attached to an aromatic ring is 1. The molecule has 0 saturated carbocycles. The predicted octanol–water partition coefficient (Wildman–Crippen LogP) is 4.59. The van der Waals surface area contributed by atoms with Gasteiger partial charge in [-0.1, -0.05) is 30.3 Å². The lowest BCUT2D eigenvalue weighted by Gasteiger charge is -2.08. The van der Waals surface area contributed by atoms with Crippen LogP contribution in [0.5, 0.6) is 0 Å². The lowest BCUT2D eigenvalue weighted by atomic mass is 10.1. The number of aromatic amines is 1. The Balaban J connectivity index is 1.43. The lowest BCUT2D eigenvalue weighted by molar-refractivity contribution is 0.101. The molecule has 3 heterocycles. The minimum Gasteiger partial charge on any atom is -0.396 e. The van der Waals surface area contributed by atoms with Gasteiger partial charge in [-0.05, 0) is 23.8 Å². The van der Waals surface area contributed by atoms with Crippen molar-refractivity contribution in [1.82, 2.24) is 19.7 Å². The Bertz CT molecular complexity index is 1480. The standard InChI is InChI=1S/C24H18F2N6O/c25-19-6-7-20(27)22(26)21(19)24(33)31-16-8-17-18(11-29-23(17)28-10-16)15-9-30-32(13-15)12-14-4-2-1-3-5-14/h1-11,13H,12,27H2,(H,28,29)(H,31,33). The maximum Gasteiger partial charge on any atom is 0.261 e. The van der Waals surface area contributed by atoms with E-state index in [4.69, 9.17) is 5.73 Å². The molecule has 5 rings (SSSR count). The Morgan fingerprint density at radius 1 is 1.12 bits per heavy atom. The number of nitrogens with zero attached hydrogens (tertiary/aromatic N) is 3. The van der Waals surface area contributed by atoms with Gasteiger partial charge >= 0.3 is 0 Å². The highest BCUT2D eigenvalue weighted by Gasteiger charge is 2.20. The third kappa shape index (κ3) is 3.91. The van der Waals surface area contributed by atoms with Gasteiger partial charge in [-0.2, -0.15) is 5.10 Å². The van der Waals surface area contributed by atoms with Crippen molar-refractivity contribution in [3.63, 3.8) is 0 Å². The van der Waals surface area contributed by atoms with Gasteiger partial charge in [0, 0.05) is 28.9 Å². The van der Waals surface area contributed by atoms with Crippen LogP contribution in [0.2, 0.25) is 0 Å². The molecular weight excluding hydrogens is 426 g/mol. The van der Waals surface area contributed by atoms with E-state index in [1.165, 1.54) is 6.20 Å². The summed E-state index contributed by atoms with van der Waals surface area (Å²) in [6.07, 6.45) is 6.86. The van der Waals surface area contributed by atoms with Gasteiger partial charge in [0.2, 0.25) is 0 Å². The minimum atomic E-state index is -1.10. The van der Waals surface area contributed by atoms with E-state index < -0.39 is 23.1 Å². The number of hydrogen-bond donors (Lipinski definition) is 3. The number of amides is 1. The normalized spacial score (nSPS) is 11.1. The third-order valence-corrected chi connectivity index (χ3v) is 5.27. The summed E-state index contributed by atoms with van der Waals surface area (Å²) in [7, 11) is 0. The number of pyridine rings is 1. The molecule has 7 nitrogen and oxygen atoms in total. The highest BCUT2D eigenvalue weighted by Crippen LogP contribution is 2.29. The first kappa shape index (κ1) is 20.4. The smallest absolute Gasteiger partial charge is 0.261 e. The summed E-state index contributed by atoms with van der Waals surface area (Å²) in [4.78, 5) is 19.9. The van der Waals surface area contributed by atoms with Crippen LogP contribution in [-0.2, 0) is 6.54 Å². The number of aromatic nitrogens is 4. The second-order valence-corrected chi connectivity index (χ2v) is 7.51. The average molecular weight is 444 g/mol. The highest BCUT2D eigenvalue weighted by atomic mass is 19.1. The van der Waals surface area contributed by atoms with Crippen LogP contribution in [0.4, 0.5) is 20.2 Å². The number of benzene rings is 2. The van der Waals surface area contributed by atoms with E-state index in [9.17, 15) is 13.6 Å². The molecule has 0 aliphatic carbocycles. The average Bonchev–Trinajstić information content (AvgIpc) is 3.44. The number of carbonyl (C=O) groups excluding carboxylic acids is 1. The van der Waals surface area contributed by atoms with E-state index >= 15 is 0 Å². The van der Waals surface area contributed by atoms with Crippen LogP contribution < -0.4 is 11.1 Å². The number of H-pyrrole nitrogens is 1. The largest absolute Gasteiger partial charge is 0.396 e. The van der Waals surface area contributed by atoms with Crippen LogP contribution >= 0.6 is 0 Å². The van der Waals surface area contributed by atoms with Gasteiger partial charge in [0.1, 0.15) is 17.0 Å². The Kier molecular flexibility index (Phi) is 5.06. The quantitative estimate of drug-likeness (QED) is 0.345. The van der Waals surface area contributed by atoms with Gasteiger partial charge in [0.05, 0.1) is 30.3 Å². The van der Waals surface area contributed by atoms with Crippen LogP contribution in [0.15, 0.2) is 73.3 Å². The second kappa shape index (κ2) is 8.19. The molecule has 0 aliphatic heterocycles. The summed E-state index contributed by atoms with van der Waals surface area (Å²) in [6.45, 7) is 0.625. The molecule has 5 aromatic rings. The van der Waals surface area contributed by atoms with E-state index in [-0.39, 0.29) is 11.4 Å². The summed E-state index contributed by atoms with van der Waals surface area (Å²) in [5.74, 6) is -3.05. The van der Waals surface area contributed by atoms with Crippen LogP contribution in [0.3, 0.4) is 0 Å². The van der Waals surface area contributed by atoms with Crippen molar-refractivity contribution in [2.24, 2.45) is 0 Å². The van der Waals surface area contributed by atoms with Crippen LogP contribution in [-0.4, -0.2) is 25.7 Å². The van der Waals surface area contributed by atoms with Gasteiger partial charge in [-0.3, -0.25) is 9.48 Å². The van der Waals surface area contributed by atoms with Gasteiger partial charge in [0.15, 0.2) is 5.82 Å². The van der Waals surface area contributed by atoms with E-state index in [1.807, 2.05) is 41.2 Å². The van der Waals surface area contributed by atoms with E-state index in [0.717, 1.165) is 34.2 Å².